The Balaban J connectivity index is 0.00000324. The van der Waals surface area contributed by atoms with Crippen molar-refractivity contribution in [1.82, 2.24) is 0 Å². The predicted octanol–water partition coefficient (Wildman–Crippen LogP) is 3.25. The van der Waals surface area contributed by atoms with Crippen LogP contribution in [0, 0.1) is 0 Å². The monoisotopic (exact) mass is 538 g/mol. The van der Waals surface area contributed by atoms with E-state index in [4.69, 9.17) is 9.47 Å². The summed E-state index contributed by atoms with van der Waals surface area (Å²) in [6.45, 7) is 3.71. The van der Waals surface area contributed by atoms with Crippen LogP contribution in [0.3, 0.4) is 0 Å². The largest absolute Gasteiger partial charge is 1.00 e. The Kier molecular flexibility index (Phi) is 11.0. The third-order valence-corrected chi connectivity index (χ3v) is 11.0. The molecule has 2 nitrogen and oxygen atoms in total. The summed E-state index contributed by atoms with van der Waals surface area (Å²) in [7, 11) is -1.74. The van der Waals surface area contributed by atoms with Crippen molar-refractivity contribution in [3.8, 4) is 0 Å². The second kappa shape index (κ2) is 14.0. The van der Waals surface area contributed by atoms with Crippen LogP contribution in [0.15, 0.2) is 103 Å². The highest BCUT2D eigenvalue weighted by Crippen LogP contribution is 2.56. The molecule has 0 spiro atoms. The molecule has 1 fully saturated rings. The fourth-order valence-electron chi connectivity index (χ4n) is 4.72. The first-order valence-corrected chi connectivity index (χ1v) is 14.2. The van der Waals surface area contributed by atoms with Gasteiger partial charge < -0.3 is 26.5 Å². The summed E-state index contributed by atoms with van der Waals surface area (Å²) in [4.78, 5) is 0. The maximum atomic E-state index is 5.92. The number of allylic oxidation sites excluding steroid dienone is 1. The third kappa shape index (κ3) is 6.89. The topological polar surface area (TPSA) is 18.5 Å². The summed E-state index contributed by atoms with van der Waals surface area (Å²) < 4.78 is 11.6. The van der Waals surface area contributed by atoms with E-state index < -0.39 is 7.26 Å². The van der Waals surface area contributed by atoms with E-state index in [0.717, 1.165) is 38.5 Å². The molecule has 0 bridgehead atoms. The van der Waals surface area contributed by atoms with Gasteiger partial charge in [0.2, 0.25) is 0 Å². The van der Waals surface area contributed by atoms with Gasteiger partial charge in [0, 0.05) is 6.61 Å². The van der Waals surface area contributed by atoms with E-state index in [0.29, 0.717) is 6.61 Å². The van der Waals surface area contributed by atoms with E-state index in [1.165, 1.54) is 27.9 Å². The van der Waals surface area contributed by atoms with Gasteiger partial charge in [-0.05, 0) is 75.4 Å². The molecule has 4 heteroatoms. The maximum absolute atomic E-state index is 5.92. The van der Waals surface area contributed by atoms with Crippen molar-refractivity contribution in [2.75, 3.05) is 19.4 Å². The first-order chi connectivity index (χ1) is 16.3. The summed E-state index contributed by atoms with van der Waals surface area (Å²) in [5.41, 5.74) is 1.40. The number of hydrogen-bond acceptors (Lipinski definition) is 2. The third-order valence-electron chi connectivity index (χ3n) is 6.51. The number of halogens is 1. The van der Waals surface area contributed by atoms with Crippen LogP contribution in [-0.4, -0.2) is 25.7 Å². The first kappa shape index (κ1) is 26.8. The summed E-state index contributed by atoms with van der Waals surface area (Å²) in [5, 5.41) is 4.38. The van der Waals surface area contributed by atoms with Gasteiger partial charge in [-0.2, -0.15) is 0 Å². The second-order valence-corrected chi connectivity index (χ2v) is 12.4. The molecular formula is C30H36BrO2P. The molecule has 1 unspecified atom stereocenters. The van der Waals surface area contributed by atoms with Gasteiger partial charge in [-0.1, -0.05) is 66.2 Å². The molecule has 1 aliphatic rings. The Morgan fingerprint density at radius 1 is 0.853 bits per heavy atom. The highest BCUT2D eigenvalue weighted by Gasteiger charge is 2.44. The minimum absolute atomic E-state index is 0. The average molecular weight is 539 g/mol. The van der Waals surface area contributed by atoms with E-state index in [1.54, 1.807) is 0 Å². The minimum Gasteiger partial charge on any atom is -1.00 e. The summed E-state index contributed by atoms with van der Waals surface area (Å²) in [5.74, 6) is 0. The van der Waals surface area contributed by atoms with Gasteiger partial charge in [-0.15, -0.1) is 0 Å². The van der Waals surface area contributed by atoms with Crippen molar-refractivity contribution in [2.45, 2.75) is 45.3 Å². The number of benzene rings is 3. The molecule has 0 amide bonds. The van der Waals surface area contributed by atoms with Crippen molar-refractivity contribution in [2.24, 2.45) is 0 Å². The zero-order valence-corrected chi connectivity index (χ0v) is 22.6. The lowest BCUT2D eigenvalue weighted by Gasteiger charge is -2.27. The Labute approximate surface area is 216 Å². The lowest BCUT2D eigenvalue weighted by atomic mass is 10.2. The van der Waals surface area contributed by atoms with Crippen LogP contribution in [0.25, 0.3) is 0 Å². The van der Waals surface area contributed by atoms with Crippen molar-refractivity contribution >= 4 is 23.2 Å². The van der Waals surface area contributed by atoms with E-state index in [1.807, 2.05) is 0 Å². The van der Waals surface area contributed by atoms with E-state index >= 15 is 0 Å². The van der Waals surface area contributed by atoms with Crippen LogP contribution in [0.1, 0.15) is 39.0 Å². The van der Waals surface area contributed by atoms with Gasteiger partial charge in [0.05, 0.1) is 12.8 Å². The Morgan fingerprint density at radius 3 is 1.85 bits per heavy atom. The van der Waals surface area contributed by atoms with Crippen molar-refractivity contribution < 1.29 is 26.5 Å². The van der Waals surface area contributed by atoms with Crippen molar-refractivity contribution in [3.63, 3.8) is 0 Å². The average Bonchev–Trinajstić information content (AvgIpc) is 2.89. The zero-order valence-electron chi connectivity index (χ0n) is 20.1. The quantitative estimate of drug-likeness (QED) is 0.291. The van der Waals surface area contributed by atoms with Crippen LogP contribution in [-0.2, 0) is 9.47 Å². The molecule has 1 heterocycles. The highest BCUT2D eigenvalue weighted by atomic mass is 79.9. The van der Waals surface area contributed by atoms with Crippen molar-refractivity contribution in [1.29, 1.82) is 0 Å². The predicted molar refractivity (Wildman–Crippen MR) is 143 cm³/mol. The Hall–Kier alpha value is -1.77. The van der Waals surface area contributed by atoms with E-state index in [2.05, 4.69) is 104 Å². The fraction of sp³-hybridized carbons (Fsp3) is 0.333. The second-order valence-electron chi connectivity index (χ2n) is 8.82. The molecule has 0 radical (unpaired) electrons. The van der Waals surface area contributed by atoms with Crippen molar-refractivity contribution in [3.05, 3.63) is 103 Å². The van der Waals surface area contributed by atoms with Gasteiger partial charge in [0.15, 0.2) is 6.29 Å². The Bertz CT molecular complexity index is 889. The molecule has 180 valence electrons. The molecule has 0 aliphatic carbocycles. The highest BCUT2D eigenvalue weighted by molar-refractivity contribution is 7.95. The van der Waals surface area contributed by atoms with Crippen LogP contribution < -0.4 is 32.9 Å². The molecule has 1 saturated heterocycles. The molecular weight excluding hydrogens is 503 g/mol. The van der Waals surface area contributed by atoms with E-state index in [-0.39, 0.29) is 23.3 Å². The van der Waals surface area contributed by atoms with Crippen LogP contribution in [0.4, 0.5) is 0 Å². The lowest BCUT2D eigenvalue weighted by Crippen LogP contribution is -3.00. The standard InChI is InChI=1S/C30H36O2P.BrH/c1-26(22-24-32-30-21-11-12-23-31-30)14-13-25-33(27-15-5-2-6-16-27,28-17-7-3-8-18-28)29-19-9-4-10-20-29;/h2-10,15-20,22,30H,11-14,21,23-25H2,1H3;1H/q+1;/p-1/b26-22+;. The molecule has 1 atom stereocenters. The van der Waals surface area contributed by atoms with Crippen LogP contribution in [0.5, 0.6) is 0 Å². The summed E-state index contributed by atoms with van der Waals surface area (Å²) in [6, 6.07) is 33.5. The van der Waals surface area contributed by atoms with Gasteiger partial charge >= 0.3 is 0 Å². The summed E-state index contributed by atoms with van der Waals surface area (Å²) >= 11 is 0. The normalized spacial score (nSPS) is 16.6. The van der Waals surface area contributed by atoms with Crippen LogP contribution in [0.2, 0.25) is 0 Å². The molecule has 0 N–H and O–H groups in total. The minimum atomic E-state index is -1.74. The Morgan fingerprint density at radius 2 is 1.38 bits per heavy atom. The molecule has 1 aliphatic heterocycles. The summed E-state index contributed by atoms with van der Waals surface area (Å²) in [6.07, 6.45) is 8.99. The van der Waals surface area contributed by atoms with Gasteiger partial charge in [-0.25, -0.2) is 0 Å². The molecule has 4 rings (SSSR count). The maximum Gasteiger partial charge on any atom is 0.157 e. The number of rotatable bonds is 10. The molecule has 3 aromatic rings. The SMILES string of the molecule is C/C(=C\COC1CCCCO1)CCC[P+](c1ccccc1)(c1ccccc1)c1ccccc1.[Br-]. The van der Waals surface area contributed by atoms with Gasteiger partial charge in [0.25, 0.3) is 0 Å². The molecule has 34 heavy (non-hydrogen) atoms. The van der Waals surface area contributed by atoms with E-state index in [9.17, 15) is 0 Å². The van der Waals surface area contributed by atoms with Gasteiger partial charge in [0.1, 0.15) is 23.2 Å². The van der Waals surface area contributed by atoms with Crippen LogP contribution >= 0.6 is 7.26 Å². The lowest BCUT2D eigenvalue weighted by molar-refractivity contribution is -0.155. The molecule has 3 aromatic carbocycles. The zero-order chi connectivity index (χ0) is 22.8. The molecule has 0 aromatic heterocycles. The van der Waals surface area contributed by atoms with Gasteiger partial charge in [-0.3, -0.25) is 0 Å². The smallest absolute Gasteiger partial charge is 0.157 e. The molecule has 0 saturated carbocycles. The number of ether oxygens (including phenoxy) is 2. The first-order valence-electron chi connectivity index (χ1n) is 12.2. The fourth-order valence-corrected chi connectivity index (χ4v) is 9.06. The number of hydrogen-bond donors (Lipinski definition) is 0.